The third-order valence-corrected chi connectivity index (χ3v) is 5.33. The summed E-state index contributed by atoms with van der Waals surface area (Å²) in [5, 5.41) is -3.01. The van der Waals surface area contributed by atoms with Crippen LogP contribution in [0.2, 0.25) is 0 Å². The van der Waals surface area contributed by atoms with E-state index >= 15 is 0 Å². The molecule has 0 aromatic carbocycles. The van der Waals surface area contributed by atoms with Crippen molar-refractivity contribution < 1.29 is 9.53 Å². The monoisotopic (exact) mass is 312 g/mol. The SMILES string of the molecule is CC(=O)OC1C(Cl)C(Cl)C(Cl)C(Cl)C1Cl. The molecule has 0 spiro atoms. The first-order valence-electron chi connectivity index (χ1n) is 4.24. The fraction of sp³-hybridized carbons (Fsp3) is 0.875. The summed E-state index contributed by atoms with van der Waals surface area (Å²) in [5.41, 5.74) is 0. The van der Waals surface area contributed by atoms with Gasteiger partial charge < -0.3 is 4.74 Å². The Morgan fingerprint density at radius 1 is 0.867 bits per heavy atom. The van der Waals surface area contributed by atoms with Crippen molar-refractivity contribution in [3.8, 4) is 0 Å². The van der Waals surface area contributed by atoms with Crippen LogP contribution in [0, 0.1) is 0 Å². The van der Waals surface area contributed by atoms with Crippen molar-refractivity contribution in [1.29, 1.82) is 0 Å². The average molecular weight is 314 g/mol. The smallest absolute Gasteiger partial charge is 0.303 e. The van der Waals surface area contributed by atoms with E-state index in [1.807, 2.05) is 0 Å². The van der Waals surface area contributed by atoms with E-state index in [4.69, 9.17) is 62.7 Å². The van der Waals surface area contributed by atoms with E-state index in [1.165, 1.54) is 6.92 Å². The van der Waals surface area contributed by atoms with Crippen LogP contribution in [-0.4, -0.2) is 39.0 Å². The van der Waals surface area contributed by atoms with Gasteiger partial charge in [-0.3, -0.25) is 4.79 Å². The van der Waals surface area contributed by atoms with Crippen molar-refractivity contribution in [2.45, 2.75) is 39.9 Å². The second-order valence-electron chi connectivity index (χ2n) is 3.30. The van der Waals surface area contributed by atoms with Crippen molar-refractivity contribution in [3.05, 3.63) is 0 Å². The third-order valence-electron chi connectivity index (χ3n) is 2.15. The Kier molecular flexibility index (Phi) is 5.13. The molecule has 15 heavy (non-hydrogen) atoms. The Bertz CT molecular complexity index is 233. The zero-order valence-electron chi connectivity index (χ0n) is 7.67. The molecule has 1 aliphatic carbocycles. The van der Waals surface area contributed by atoms with Gasteiger partial charge in [0.1, 0.15) is 6.10 Å². The molecule has 1 fully saturated rings. The van der Waals surface area contributed by atoms with Crippen LogP contribution in [0.25, 0.3) is 0 Å². The third kappa shape index (κ3) is 2.98. The van der Waals surface area contributed by atoms with Crippen LogP contribution in [0.3, 0.4) is 0 Å². The van der Waals surface area contributed by atoms with Crippen LogP contribution in [0.4, 0.5) is 0 Å². The first-order valence-corrected chi connectivity index (χ1v) is 6.42. The van der Waals surface area contributed by atoms with Crippen LogP contribution in [0.15, 0.2) is 0 Å². The Labute approximate surface area is 113 Å². The predicted molar refractivity (Wildman–Crippen MR) is 63.8 cm³/mol. The number of hydrogen-bond donors (Lipinski definition) is 0. The minimum Gasteiger partial charge on any atom is -0.459 e. The van der Waals surface area contributed by atoms with Crippen molar-refractivity contribution >= 4 is 64.0 Å². The molecule has 7 heteroatoms. The topological polar surface area (TPSA) is 26.3 Å². The first kappa shape index (κ1) is 14.0. The van der Waals surface area contributed by atoms with E-state index in [9.17, 15) is 4.79 Å². The molecule has 0 radical (unpaired) electrons. The number of carbonyl (C=O) groups excluding carboxylic acids is 1. The standard InChI is InChI=1S/C8H9Cl5O2/c1-2(14)15-8-6(12)4(10)3(9)5(11)7(8)13/h3-8H,1H3. The van der Waals surface area contributed by atoms with Crippen LogP contribution < -0.4 is 0 Å². The number of hydrogen-bond acceptors (Lipinski definition) is 2. The van der Waals surface area contributed by atoms with Crippen molar-refractivity contribution in [2.24, 2.45) is 0 Å². The molecule has 4 atom stereocenters. The normalized spacial score (nSPS) is 46.3. The minimum absolute atomic E-state index is 0.475. The molecule has 88 valence electrons. The molecule has 1 rings (SSSR count). The van der Waals surface area contributed by atoms with E-state index in [0.29, 0.717) is 0 Å². The van der Waals surface area contributed by atoms with Gasteiger partial charge in [0.2, 0.25) is 0 Å². The van der Waals surface area contributed by atoms with Gasteiger partial charge in [0.25, 0.3) is 0 Å². The summed E-state index contributed by atoms with van der Waals surface area (Å²) in [7, 11) is 0. The van der Waals surface area contributed by atoms with E-state index in [0.717, 1.165) is 0 Å². The average Bonchev–Trinajstić information content (AvgIpc) is 2.18. The maximum absolute atomic E-state index is 10.8. The van der Waals surface area contributed by atoms with Crippen molar-refractivity contribution in [3.63, 3.8) is 0 Å². The molecule has 2 nitrogen and oxygen atoms in total. The minimum atomic E-state index is -0.717. The molecular formula is C8H9Cl5O2. The maximum Gasteiger partial charge on any atom is 0.303 e. The van der Waals surface area contributed by atoms with E-state index in [2.05, 4.69) is 0 Å². The number of ether oxygens (including phenoxy) is 1. The number of carbonyl (C=O) groups is 1. The molecule has 1 saturated carbocycles. The number of halogens is 5. The summed E-state index contributed by atoms with van der Waals surface area (Å²) >= 11 is 29.8. The van der Waals surface area contributed by atoms with Gasteiger partial charge in [-0.2, -0.15) is 0 Å². The fourth-order valence-electron chi connectivity index (χ4n) is 1.39. The Morgan fingerprint density at radius 2 is 1.20 bits per heavy atom. The zero-order valence-corrected chi connectivity index (χ0v) is 11.5. The van der Waals surface area contributed by atoms with Gasteiger partial charge >= 0.3 is 5.97 Å². The molecule has 1 aliphatic rings. The van der Waals surface area contributed by atoms with E-state index in [1.54, 1.807) is 0 Å². The Hall–Kier alpha value is 0.920. The molecule has 0 aromatic rings. The van der Waals surface area contributed by atoms with Crippen LogP contribution in [0.5, 0.6) is 0 Å². The van der Waals surface area contributed by atoms with Gasteiger partial charge in [0.15, 0.2) is 0 Å². The lowest BCUT2D eigenvalue weighted by atomic mass is 9.95. The van der Waals surface area contributed by atoms with Gasteiger partial charge in [-0.05, 0) is 0 Å². The second-order valence-corrected chi connectivity index (χ2v) is 5.82. The summed E-state index contributed by atoms with van der Waals surface area (Å²) < 4.78 is 4.97. The lowest BCUT2D eigenvalue weighted by Crippen LogP contribution is -2.55. The summed E-state index contributed by atoms with van der Waals surface area (Å²) in [4.78, 5) is 10.8. The number of alkyl halides is 5. The molecule has 0 saturated heterocycles. The van der Waals surface area contributed by atoms with Crippen LogP contribution >= 0.6 is 58.0 Å². The van der Waals surface area contributed by atoms with Gasteiger partial charge in [0, 0.05) is 6.92 Å². The highest BCUT2D eigenvalue weighted by atomic mass is 35.5. The molecule has 0 aromatic heterocycles. The van der Waals surface area contributed by atoms with E-state index in [-0.39, 0.29) is 0 Å². The van der Waals surface area contributed by atoms with Crippen molar-refractivity contribution in [2.75, 3.05) is 0 Å². The Morgan fingerprint density at radius 3 is 1.53 bits per heavy atom. The van der Waals surface area contributed by atoms with Crippen molar-refractivity contribution in [1.82, 2.24) is 0 Å². The molecule has 4 unspecified atom stereocenters. The molecule has 0 aliphatic heterocycles. The van der Waals surface area contributed by atoms with Gasteiger partial charge in [-0.15, -0.1) is 58.0 Å². The van der Waals surface area contributed by atoms with Crippen LogP contribution in [0.1, 0.15) is 6.92 Å². The summed E-state index contributed by atoms with van der Waals surface area (Å²) in [6.45, 7) is 1.27. The summed E-state index contributed by atoms with van der Waals surface area (Å²) in [6, 6.07) is 0. The van der Waals surface area contributed by atoms with Crippen LogP contribution in [-0.2, 0) is 9.53 Å². The highest BCUT2D eigenvalue weighted by molar-refractivity contribution is 6.41. The van der Waals surface area contributed by atoms with Gasteiger partial charge in [-0.1, -0.05) is 0 Å². The quantitative estimate of drug-likeness (QED) is 0.549. The lowest BCUT2D eigenvalue weighted by molar-refractivity contribution is -0.147. The molecule has 0 amide bonds. The highest BCUT2D eigenvalue weighted by Gasteiger charge is 2.49. The second kappa shape index (κ2) is 5.50. The molecule has 0 heterocycles. The van der Waals surface area contributed by atoms with Gasteiger partial charge in [-0.25, -0.2) is 0 Å². The fourth-order valence-corrected chi connectivity index (χ4v) is 3.33. The lowest BCUT2D eigenvalue weighted by Gasteiger charge is -2.39. The molecule has 0 N–H and O–H groups in total. The largest absolute Gasteiger partial charge is 0.459 e. The molecular weight excluding hydrogens is 305 g/mol. The summed E-state index contributed by atoms with van der Waals surface area (Å²) in [6.07, 6.45) is -0.717. The molecule has 0 bridgehead atoms. The maximum atomic E-state index is 10.8. The highest BCUT2D eigenvalue weighted by Crippen LogP contribution is 2.38. The summed E-state index contributed by atoms with van der Waals surface area (Å²) in [5.74, 6) is -0.475. The zero-order chi connectivity index (χ0) is 11.7. The first-order chi connectivity index (χ1) is 6.86. The van der Waals surface area contributed by atoms with Gasteiger partial charge in [0.05, 0.1) is 26.9 Å². The Balaban J connectivity index is 2.81. The number of rotatable bonds is 1. The number of esters is 1. The van der Waals surface area contributed by atoms with E-state index < -0.39 is 39.0 Å². The predicted octanol–water partition coefficient (Wildman–Crippen LogP) is 2.97.